The van der Waals surface area contributed by atoms with Gasteiger partial charge in [-0.1, -0.05) is 18.2 Å². The second-order valence-corrected chi connectivity index (χ2v) is 7.31. The van der Waals surface area contributed by atoms with Crippen LogP contribution in [0, 0.1) is 5.41 Å². The lowest BCUT2D eigenvalue weighted by atomic mass is 9.78. The maximum Gasteiger partial charge on any atom is 0.259 e. The molecule has 1 amide bonds. The number of pyridine rings is 1. The van der Waals surface area contributed by atoms with Crippen LogP contribution in [0.2, 0.25) is 0 Å². The fourth-order valence-corrected chi connectivity index (χ4v) is 3.72. The van der Waals surface area contributed by atoms with Gasteiger partial charge in [-0.3, -0.25) is 4.79 Å². The first kappa shape index (κ1) is 20.9. The number of aliphatic hydroxyl groups is 1. The van der Waals surface area contributed by atoms with Crippen LogP contribution in [-0.4, -0.2) is 61.4 Å². The molecule has 2 heterocycles. The van der Waals surface area contributed by atoms with E-state index in [4.69, 9.17) is 14.2 Å². The quantitative estimate of drug-likeness (QED) is 0.734. The Morgan fingerprint density at radius 3 is 2.66 bits per heavy atom. The van der Waals surface area contributed by atoms with Crippen molar-refractivity contribution in [3.8, 4) is 17.5 Å². The molecule has 1 saturated heterocycles. The second kappa shape index (κ2) is 9.60. The fourth-order valence-electron chi connectivity index (χ4n) is 3.72. The summed E-state index contributed by atoms with van der Waals surface area (Å²) in [5.41, 5.74) is 0.0121. The molecule has 0 saturated carbocycles. The van der Waals surface area contributed by atoms with Crippen LogP contribution < -0.4 is 14.2 Å². The number of aromatic nitrogens is 1. The smallest absolute Gasteiger partial charge is 0.259 e. The number of hydrogen-bond donors (Lipinski definition) is 1. The van der Waals surface area contributed by atoms with Crippen molar-refractivity contribution in [3.05, 3.63) is 48.0 Å². The maximum absolute atomic E-state index is 13.1. The summed E-state index contributed by atoms with van der Waals surface area (Å²) in [6, 6.07) is 12.9. The summed E-state index contributed by atoms with van der Waals surface area (Å²) < 4.78 is 16.2. The maximum atomic E-state index is 13.1. The minimum atomic E-state index is -0.379. The van der Waals surface area contributed by atoms with E-state index in [9.17, 15) is 9.90 Å². The third kappa shape index (κ3) is 4.98. The van der Waals surface area contributed by atoms with Crippen molar-refractivity contribution in [1.82, 2.24) is 9.88 Å². The molecule has 1 fully saturated rings. The summed E-state index contributed by atoms with van der Waals surface area (Å²) in [4.78, 5) is 19.1. The minimum absolute atomic E-state index is 0.00687. The summed E-state index contributed by atoms with van der Waals surface area (Å²) in [6.45, 7) is 1.60. The van der Waals surface area contributed by atoms with Crippen LogP contribution in [0.1, 0.15) is 29.6 Å². The Bertz CT molecular complexity index is 814. The number of ether oxygens (including phenoxy) is 3. The Morgan fingerprint density at radius 1 is 1.17 bits per heavy atom. The summed E-state index contributed by atoms with van der Waals surface area (Å²) in [5.74, 6) is 1.28. The van der Waals surface area contributed by atoms with Crippen LogP contribution in [0.4, 0.5) is 0 Å². The van der Waals surface area contributed by atoms with E-state index < -0.39 is 0 Å². The van der Waals surface area contributed by atoms with Crippen LogP contribution in [-0.2, 0) is 0 Å². The third-order valence-corrected chi connectivity index (χ3v) is 5.40. The highest BCUT2D eigenvalue weighted by Gasteiger charge is 2.37. The lowest BCUT2D eigenvalue weighted by molar-refractivity contribution is 0.0154. The number of piperidine rings is 1. The van der Waals surface area contributed by atoms with E-state index in [0.29, 0.717) is 37.6 Å². The molecule has 0 radical (unpaired) electrons. The molecule has 1 atom stereocenters. The zero-order valence-corrected chi connectivity index (χ0v) is 17.0. The van der Waals surface area contributed by atoms with Gasteiger partial charge in [0.1, 0.15) is 11.3 Å². The zero-order valence-electron chi connectivity index (χ0n) is 17.0. The minimum Gasteiger partial charge on any atom is -0.494 e. The van der Waals surface area contributed by atoms with Crippen molar-refractivity contribution in [2.45, 2.75) is 19.3 Å². The van der Waals surface area contributed by atoms with Gasteiger partial charge in [0.15, 0.2) is 0 Å². The number of para-hydroxylation sites is 1. The molecular weight excluding hydrogens is 372 g/mol. The molecule has 1 aromatic heterocycles. The molecule has 3 rings (SSSR count). The predicted octanol–water partition coefficient (Wildman–Crippen LogP) is 2.78. The number of carbonyl (C=O) groups excluding carboxylic acids is 1. The van der Waals surface area contributed by atoms with Gasteiger partial charge in [0.25, 0.3) is 5.91 Å². The molecule has 156 valence electrons. The average Bonchev–Trinajstić information content (AvgIpc) is 2.79. The lowest BCUT2D eigenvalue weighted by Gasteiger charge is -2.42. The van der Waals surface area contributed by atoms with Gasteiger partial charge in [-0.05, 0) is 37.5 Å². The fraction of sp³-hybridized carbons (Fsp3) is 0.455. The zero-order chi connectivity index (χ0) is 20.7. The third-order valence-electron chi connectivity index (χ3n) is 5.40. The summed E-state index contributed by atoms with van der Waals surface area (Å²) in [6.07, 6.45) is 2.34. The molecule has 0 spiro atoms. The lowest BCUT2D eigenvalue weighted by Crippen LogP contribution is -2.48. The predicted molar refractivity (Wildman–Crippen MR) is 109 cm³/mol. The number of nitrogens with zero attached hydrogens (tertiary/aromatic N) is 2. The summed E-state index contributed by atoms with van der Waals surface area (Å²) >= 11 is 0. The van der Waals surface area contributed by atoms with Gasteiger partial charge < -0.3 is 24.2 Å². The van der Waals surface area contributed by atoms with Crippen LogP contribution >= 0.6 is 0 Å². The van der Waals surface area contributed by atoms with E-state index in [-0.39, 0.29) is 23.8 Å². The molecule has 7 heteroatoms. The second-order valence-electron chi connectivity index (χ2n) is 7.31. The Hall–Kier alpha value is -2.80. The van der Waals surface area contributed by atoms with Crippen molar-refractivity contribution in [3.63, 3.8) is 0 Å². The topological polar surface area (TPSA) is 81.1 Å². The van der Waals surface area contributed by atoms with Gasteiger partial charge in [-0.25, -0.2) is 0 Å². The largest absolute Gasteiger partial charge is 0.494 e. The van der Waals surface area contributed by atoms with E-state index in [0.717, 1.165) is 18.6 Å². The van der Waals surface area contributed by atoms with E-state index in [2.05, 4.69) is 4.98 Å². The number of aliphatic hydroxyl groups excluding tert-OH is 1. The van der Waals surface area contributed by atoms with Gasteiger partial charge in [-0.2, -0.15) is 4.98 Å². The van der Waals surface area contributed by atoms with Crippen molar-refractivity contribution in [1.29, 1.82) is 0 Å². The van der Waals surface area contributed by atoms with E-state index in [1.807, 2.05) is 30.3 Å². The van der Waals surface area contributed by atoms with Gasteiger partial charge >= 0.3 is 0 Å². The highest BCUT2D eigenvalue weighted by Crippen LogP contribution is 2.34. The van der Waals surface area contributed by atoms with Crippen molar-refractivity contribution in [2.24, 2.45) is 5.41 Å². The number of hydrogen-bond acceptors (Lipinski definition) is 6. The highest BCUT2D eigenvalue weighted by atomic mass is 16.5. The van der Waals surface area contributed by atoms with E-state index >= 15 is 0 Å². The SMILES string of the molecule is COc1ccc(C(=O)N2CCC[C@](CO)(CCOc3ccccc3)C2)c(OC)n1. The molecule has 0 bridgehead atoms. The molecule has 0 unspecified atom stereocenters. The Kier molecular flexibility index (Phi) is 6.93. The highest BCUT2D eigenvalue weighted by molar-refractivity contribution is 5.96. The molecule has 1 aromatic carbocycles. The monoisotopic (exact) mass is 400 g/mol. The normalized spacial score (nSPS) is 18.9. The van der Waals surface area contributed by atoms with E-state index in [1.54, 1.807) is 17.0 Å². The van der Waals surface area contributed by atoms with Gasteiger partial charge in [0.2, 0.25) is 11.8 Å². The molecule has 29 heavy (non-hydrogen) atoms. The molecule has 0 aliphatic carbocycles. The van der Waals surface area contributed by atoms with E-state index in [1.165, 1.54) is 14.2 Å². The number of carbonyl (C=O) groups is 1. The van der Waals surface area contributed by atoms with Gasteiger partial charge in [0, 0.05) is 24.6 Å². The number of rotatable bonds is 8. The Morgan fingerprint density at radius 2 is 1.97 bits per heavy atom. The van der Waals surface area contributed by atoms with Gasteiger partial charge in [0.05, 0.1) is 27.4 Å². The Labute approximate surface area is 171 Å². The number of amides is 1. The van der Waals surface area contributed by atoms with Crippen molar-refractivity contribution < 1.29 is 24.1 Å². The molecule has 1 aliphatic heterocycles. The number of likely N-dealkylation sites (tertiary alicyclic amines) is 1. The molecule has 7 nitrogen and oxygen atoms in total. The van der Waals surface area contributed by atoms with Crippen LogP contribution in [0.25, 0.3) is 0 Å². The Balaban J connectivity index is 1.68. The van der Waals surface area contributed by atoms with Gasteiger partial charge in [-0.15, -0.1) is 0 Å². The first-order valence-corrected chi connectivity index (χ1v) is 9.78. The molecule has 1 aliphatic rings. The summed E-state index contributed by atoms with van der Waals surface area (Å²) in [7, 11) is 2.99. The molecule has 1 N–H and O–H groups in total. The van der Waals surface area contributed by atoms with Crippen molar-refractivity contribution >= 4 is 5.91 Å². The van der Waals surface area contributed by atoms with Crippen LogP contribution in [0.5, 0.6) is 17.5 Å². The first-order valence-electron chi connectivity index (χ1n) is 9.78. The van der Waals surface area contributed by atoms with Crippen molar-refractivity contribution in [2.75, 3.05) is 40.5 Å². The molecular formula is C22H28N2O5. The van der Waals surface area contributed by atoms with Crippen LogP contribution in [0.15, 0.2) is 42.5 Å². The van der Waals surface area contributed by atoms with Crippen LogP contribution in [0.3, 0.4) is 0 Å². The first-order chi connectivity index (χ1) is 14.1. The standard InChI is InChI=1S/C22H28N2O5/c1-27-19-10-9-18(20(23-19)28-2)21(26)24-13-6-11-22(15-24,16-25)12-14-29-17-7-4-3-5-8-17/h3-5,7-10,25H,6,11-16H2,1-2H3/t22-/m0/s1. The number of benzene rings is 1. The molecule has 2 aromatic rings. The number of methoxy groups -OCH3 is 2. The summed E-state index contributed by atoms with van der Waals surface area (Å²) in [5, 5.41) is 10.1. The average molecular weight is 400 g/mol.